The smallest absolute Gasteiger partial charge is 0.433 e. The molecule has 1 aliphatic heterocycles. The lowest BCUT2D eigenvalue weighted by molar-refractivity contribution is -0.141. The molecule has 1 amide bonds. The maximum absolute atomic E-state index is 13.4. The van der Waals surface area contributed by atoms with Gasteiger partial charge in [0.1, 0.15) is 11.8 Å². The Bertz CT molecular complexity index is 1330. The van der Waals surface area contributed by atoms with Crippen molar-refractivity contribution in [1.29, 1.82) is 0 Å². The molecule has 5 rings (SSSR count). The predicted octanol–water partition coefficient (Wildman–Crippen LogP) is 3.89. The molecular formula is C23H19F3N6O2. The highest BCUT2D eigenvalue weighted by Crippen LogP contribution is 2.32. The van der Waals surface area contributed by atoms with Crippen LogP contribution in [0.1, 0.15) is 28.9 Å². The van der Waals surface area contributed by atoms with Crippen molar-refractivity contribution in [2.45, 2.75) is 25.1 Å². The van der Waals surface area contributed by atoms with Crippen molar-refractivity contribution in [3.05, 3.63) is 72.6 Å². The second-order valence-electron chi connectivity index (χ2n) is 7.82. The molecule has 1 atom stereocenters. The molecule has 34 heavy (non-hydrogen) atoms. The third kappa shape index (κ3) is 4.16. The highest BCUT2D eigenvalue weighted by molar-refractivity contribution is 6.00. The van der Waals surface area contributed by atoms with E-state index in [0.717, 1.165) is 10.6 Å². The van der Waals surface area contributed by atoms with E-state index >= 15 is 0 Å². The monoisotopic (exact) mass is 468 g/mol. The Labute approximate surface area is 192 Å². The second-order valence-corrected chi connectivity index (χ2v) is 7.82. The first-order valence-electron chi connectivity index (χ1n) is 10.6. The molecule has 3 aromatic heterocycles. The molecule has 1 fully saturated rings. The minimum absolute atomic E-state index is 0.00427. The quantitative estimate of drug-likeness (QED) is 0.452. The van der Waals surface area contributed by atoms with Crippen LogP contribution in [0.25, 0.3) is 17.0 Å². The van der Waals surface area contributed by atoms with Crippen LogP contribution in [0.15, 0.2) is 61.3 Å². The number of hydrogen-bond donors (Lipinski definition) is 0. The van der Waals surface area contributed by atoms with Gasteiger partial charge in [-0.3, -0.25) is 9.20 Å². The van der Waals surface area contributed by atoms with Crippen LogP contribution in [-0.2, 0) is 6.18 Å². The summed E-state index contributed by atoms with van der Waals surface area (Å²) in [5.41, 5.74) is 0.164. The zero-order valence-corrected chi connectivity index (χ0v) is 17.8. The van der Waals surface area contributed by atoms with E-state index in [4.69, 9.17) is 4.74 Å². The van der Waals surface area contributed by atoms with Crippen molar-refractivity contribution in [2.75, 3.05) is 13.1 Å². The SMILES string of the molecule is O=C(c1ccccc1-c1ncccn1)N1CCCC(Oc2nccn3c(C(F)(F)F)cnc23)C1. The standard InChI is InChI=1S/C23H19F3N6O2/c24-23(25,26)18-13-30-20-21(29-10-12-32(18)20)34-15-5-3-11-31(14-15)22(33)17-7-2-1-6-16(17)19-27-8-4-9-28-19/h1-2,4,6-10,12-13,15H,3,5,11,14H2. The fourth-order valence-electron chi connectivity index (χ4n) is 4.04. The largest absolute Gasteiger partial charge is 0.470 e. The lowest BCUT2D eigenvalue weighted by atomic mass is 10.0. The van der Waals surface area contributed by atoms with E-state index in [1.165, 1.54) is 12.4 Å². The Morgan fingerprint density at radius 3 is 2.62 bits per heavy atom. The lowest BCUT2D eigenvalue weighted by Crippen LogP contribution is -2.44. The number of likely N-dealkylation sites (tertiary alicyclic amines) is 1. The normalized spacial score (nSPS) is 16.6. The third-order valence-electron chi connectivity index (χ3n) is 5.59. The third-order valence-corrected chi connectivity index (χ3v) is 5.59. The highest BCUT2D eigenvalue weighted by Gasteiger charge is 2.35. The van der Waals surface area contributed by atoms with Crippen molar-refractivity contribution in [3.63, 3.8) is 0 Å². The lowest BCUT2D eigenvalue weighted by Gasteiger charge is -2.33. The Hall–Kier alpha value is -4.02. The minimum Gasteiger partial charge on any atom is -0.470 e. The number of ether oxygens (including phenoxy) is 1. The van der Waals surface area contributed by atoms with Crippen LogP contribution in [0.5, 0.6) is 5.88 Å². The number of nitrogens with zero attached hydrogens (tertiary/aromatic N) is 6. The molecule has 4 heterocycles. The molecule has 1 unspecified atom stereocenters. The van der Waals surface area contributed by atoms with Gasteiger partial charge in [0.05, 0.1) is 18.3 Å². The van der Waals surface area contributed by atoms with Crippen molar-refractivity contribution >= 4 is 11.6 Å². The molecule has 174 valence electrons. The fourth-order valence-corrected chi connectivity index (χ4v) is 4.04. The number of aromatic nitrogens is 5. The molecule has 1 aromatic carbocycles. The van der Waals surface area contributed by atoms with Gasteiger partial charge in [0.25, 0.3) is 11.8 Å². The van der Waals surface area contributed by atoms with Crippen LogP contribution in [0, 0.1) is 0 Å². The fraction of sp³-hybridized carbons (Fsp3) is 0.261. The van der Waals surface area contributed by atoms with Gasteiger partial charge in [0.15, 0.2) is 5.82 Å². The molecule has 4 aromatic rings. The summed E-state index contributed by atoms with van der Waals surface area (Å²) in [4.78, 5) is 31.5. The summed E-state index contributed by atoms with van der Waals surface area (Å²) in [6.07, 6.45) is 2.71. The number of amides is 1. The van der Waals surface area contributed by atoms with Crippen molar-refractivity contribution in [1.82, 2.24) is 29.2 Å². The minimum atomic E-state index is -4.55. The predicted molar refractivity (Wildman–Crippen MR) is 115 cm³/mol. The van der Waals surface area contributed by atoms with Gasteiger partial charge in [-0.25, -0.2) is 19.9 Å². The molecule has 1 aliphatic rings. The van der Waals surface area contributed by atoms with Gasteiger partial charge in [0.2, 0.25) is 5.65 Å². The van der Waals surface area contributed by atoms with Crippen LogP contribution in [0.2, 0.25) is 0 Å². The number of hydrogen-bond acceptors (Lipinski definition) is 6. The summed E-state index contributed by atoms with van der Waals surface area (Å²) in [6, 6.07) is 8.81. The number of carbonyl (C=O) groups excluding carboxylic acids is 1. The Kier molecular flexibility index (Phi) is 5.60. The number of piperidine rings is 1. The summed E-state index contributed by atoms with van der Waals surface area (Å²) < 4.78 is 46.5. The number of rotatable bonds is 4. The average Bonchev–Trinajstić information content (AvgIpc) is 3.30. The zero-order valence-electron chi connectivity index (χ0n) is 17.8. The van der Waals surface area contributed by atoms with E-state index in [0.29, 0.717) is 36.3 Å². The van der Waals surface area contributed by atoms with E-state index in [2.05, 4.69) is 19.9 Å². The highest BCUT2D eigenvalue weighted by atomic mass is 19.4. The van der Waals surface area contributed by atoms with Crippen LogP contribution in [-0.4, -0.2) is 54.3 Å². The molecule has 0 N–H and O–H groups in total. The average molecular weight is 468 g/mol. The first kappa shape index (κ1) is 21.8. The number of benzene rings is 1. The number of halogens is 3. The number of alkyl halides is 3. The van der Waals surface area contributed by atoms with Gasteiger partial charge in [-0.2, -0.15) is 13.2 Å². The van der Waals surface area contributed by atoms with Crippen molar-refractivity contribution < 1.29 is 22.7 Å². The second kappa shape index (κ2) is 8.73. The number of carbonyl (C=O) groups is 1. The molecule has 0 saturated carbocycles. The Morgan fingerprint density at radius 1 is 1.03 bits per heavy atom. The summed E-state index contributed by atoms with van der Waals surface area (Å²) >= 11 is 0. The van der Waals surface area contributed by atoms with Gasteiger partial charge < -0.3 is 9.64 Å². The Morgan fingerprint density at radius 2 is 1.82 bits per heavy atom. The molecule has 0 radical (unpaired) electrons. The van der Waals surface area contributed by atoms with Gasteiger partial charge in [0, 0.05) is 36.9 Å². The molecular weight excluding hydrogens is 449 g/mol. The van der Waals surface area contributed by atoms with E-state index in [1.54, 1.807) is 41.6 Å². The molecule has 1 saturated heterocycles. The van der Waals surface area contributed by atoms with Crippen LogP contribution in [0.4, 0.5) is 13.2 Å². The van der Waals surface area contributed by atoms with Crippen LogP contribution in [0.3, 0.4) is 0 Å². The number of imidazole rings is 1. The first-order chi connectivity index (χ1) is 16.4. The van der Waals surface area contributed by atoms with Crippen LogP contribution >= 0.6 is 0 Å². The zero-order chi connectivity index (χ0) is 23.7. The summed E-state index contributed by atoms with van der Waals surface area (Å²) in [5, 5.41) is 0. The maximum atomic E-state index is 13.4. The van der Waals surface area contributed by atoms with E-state index < -0.39 is 18.0 Å². The summed E-state index contributed by atoms with van der Waals surface area (Å²) in [6.45, 7) is 0.792. The molecule has 0 bridgehead atoms. The molecule has 0 spiro atoms. The number of fused-ring (bicyclic) bond motifs is 1. The Balaban J connectivity index is 1.37. The summed E-state index contributed by atoms with van der Waals surface area (Å²) in [5.74, 6) is 0.255. The van der Waals surface area contributed by atoms with E-state index in [9.17, 15) is 18.0 Å². The van der Waals surface area contributed by atoms with Gasteiger partial charge in [-0.1, -0.05) is 18.2 Å². The van der Waals surface area contributed by atoms with Gasteiger partial charge in [-0.15, -0.1) is 0 Å². The van der Waals surface area contributed by atoms with Gasteiger partial charge in [-0.05, 0) is 25.0 Å². The van der Waals surface area contributed by atoms with Crippen molar-refractivity contribution in [3.8, 4) is 17.3 Å². The van der Waals surface area contributed by atoms with E-state index in [-0.39, 0.29) is 24.0 Å². The maximum Gasteiger partial charge on any atom is 0.433 e. The summed E-state index contributed by atoms with van der Waals surface area (Å²) in [7, 11) is 0. The van der Waals surface area contributed by atoms with E-state index in [1.807, 2.05) is 6.07 Å². The first-order valence-corrected chi connectivity index (χ1v) is 10.6. The molecule has 0 aliphatic carbocycles. The molecule has 8 nitrogen and oxygen atoms in total. The van der Waals surface area contributed by atoms with Crippen LogP contribution < -0.4 is 4.74 Å². The van der Waals surface area contributed by atoms with Gasteiger partial charge >= 0.3 is 6.18 Å². The topological polar surface area (TPSA) is 85.5 Å². The van der Waals surface area contributed by atoms with Crippen molar-refractivity contribution in [2.24, 2.45) is 0 Å². The molecule has 11 heteroatoms.